The van der Waals surface area contributed by atoms with Crippen LogP contribution in [0, 0.1) is 0 Å². The fraction of sp³-hybridized carbons (Fsp3) is 0.500. The quantitative estimate of drug-likeness (QED) is 0.875. The largest absolute Gasteiger partial charge is 0.304 e. The molecular weight excluding hydrogens is 266 g/mol. The highest BCUT2D eigenvalue weighted by Crippen LogP contribution is 2.32. The molecule has 2 rings (SSSR count). The molecule has 0 aliphatic heterocycles. The molecular formula is C16H23N3S. The Morgan fingerprint density at radius 1 is 1.15 bits per heavy atom. The van der Waals surface area contributed by atoms with Gasteiger partial charge in [0.2, 0.25) is 0 Å². The van der Waals surface area contributed by atoms with E-state index in [4.69, 9.17) is 0 Å². The third-order valence-electron chi connectivity index (χ3n) is 3.69. The number of aromatic nitrogens is 2. The number of hydrogen-bond acceptors (Lipinski definition) is 4. The molecule has 1 atom stereocenters. The molecule has 1 N–H and O–H groups in total. The second kappa shape index (κ2) is 6.46. The zero-order chi connectivity index (χ0) is 14.6. The Labute approximate surface area is 125 Å². The van der Waals surface area contributed by atoms with Gasteiger partial charge in [0.25, 0.3) is 0 Å². The SMILES string of the molecule is CCNC(c1ccccc1)c1nnc(C(C)(C)CC)s1. The van der Waals surface area contributed by atoms with E-state index in [1.165, 1.54) is 5.56 Å². The maximum atomic E-state index is 4.43. The van der Waals surface area contributed by atoms with Crippen molar-refractivity contribution in [3.05, 3.63) is 45.9 Å². The van der Waals surface area contributed by atoms with Crippen LogP contribution in [-0.2, 0) is 5.41 Å². The molecule has 0 radical (unpaired) electrons. The molecule has 0 fully saturated rings. The number of nitrogens with zero attached hydrogens (tertiary/aromatic N) is 2. The summed E-state index contributed by atoms with van der Waals surface area (Å²) in [4.78, 5) is 0. The van der Waals surface area contributed by atoms with Crippen LogP contribution in [0.4, 0.5) is 0 Å². The van der Waals surface area contributed by atoms with E-state index in [0.29, 0.717) is 0 Å². The third-order valence-corrected chi connectivity index (χ3v) is 5.05. The highest BCUT2D eigenvalue weighted by atomic mass is 32.1. The molecule has 2 aromatic rings. The first kappa shape index (κ1) is 15.1. The minimum atomic E-state index is 0.101. The van der Waals surface area contributed by atoms with Gasteiger partial charge in [0.15, 0.2) is 0 Å². The van der Waals surface area contributed by atoms with Gasteiger partial charge < -0.3 is 5.32 Å². The van der Waals surface area contributed by atoms with Gasteiger partial charge >= 0.3 is 0 Å². The van der Waals surface area contributed by atoms with E-state index in [9.17, 15) is 0 Å². The molecule has 1 unspecified atom stereocenters. The van der Waals surface area contributed by atoms with E-state index in [2.05, 4.69) is 67.5 Å². The summed E-state index contributed by atoms with van der Waals surface area (Å²) in [6.45, 7) is 9.67. The minimum absolute atomic E-state index is 0.101. The number of benzene rings is 1. The maximum Gasteiger partial charge on any atom is 0.139 e. The van der Waals surface area contributed by atoms with E-state index in [-0.39, 0.29) is 11.5 Å². The van der Waals surface area contributed by atoms with Crippen molar-refractivity contribution in [3.63, 3.8) is 0 Å². The standard InChI is InChI=1S/C16H23N3S/c1-5-16(3,4)15-19-18-14(20-15)13(17-6-2)12-10-8-7-9-11-12/h7-11,13,17H,5-6H2,1-4H3. The number of hydrogen-bond donors (Lipinski definition) is 1. The first-order chi connectivity index (χ1) is 9.58. The fourth-order valence-electron chi connectivity index (χ4n) is 1.97. The van der Waals surface area contributed by atoms with Gasteiger partial charge in [-0.25, -0.2) is 0 Å². The van der Waals surface area contributed by atoms with Crippen LogP contribution in [-0.4, -0.2) is 16.7 Å². The molecule has 0 aliphatic rings. The van der Waals surface area contributed by atoms with Gasteiger partial charge in [-0.05, 0) is 18.5 Å². The highest BCUT2D eigenvalue weighted by Gasteiger charge is 2.25. The number of nitrogens with one attached hydrogen (secondary N) is 1. The summed E-state index contributed by atoms with van der Waals surface area (Å²) in [6.07, 6.45) is 1.07. The van der Waals surface area contributed by atoms with Crippen LogP contribution in [0.25, 0.3) is 0 Å². The third kappa shape index (κ3) is 3.25. The van der Waals surface area contributed by atoms with Crippen molar-refractivity contribution in [1.82, 2.24) is 15.5 Å². The van der Waals surface area contributed by atoms with Crippen molar-refractivity contribution < 1.29 is 0 Å². The van der Waals surface area contributed by atoms with Crippen LogP contribution >= 0.6 is 11.3 Å². The average molecular weight is 289 g/mol. The fourth-order valence-corrected chi connectivity index (χ4v) is 3.09. The molecule has 0 aliphatic carbocycles. The van der Waals surface area contributed by atoms with Crippen LogP contribution in [0.15, 0.2) is 30.3 Å². The molecule has 0 spiro atoms. The first-order valence-corrected chi connectivity index (χ1v) is 8.02. The van der Waals surface area contributed by atoms with Gasteiger partial charge in [0, 0.05) is 5.41 Å². The van der Waals surface area contributed by atoms with E-state index in [0.717, 1.165) is 23.0 Å². The Hall–Kier alpha value is -1.26. The summed E-state index contributed by atoms with van der Waals surface area (Å²) in [5.74, 6) is 0. The predicted molar refractivity (Wildman–Crippen MR) is 85.2 cm³/mol. The van der Waals surface area contributed by atoms with Crippen molar-refractivity contribution in [1.29, 1.82) is 0 Å². The molecule has 3 nitrogen and oxygen atoms in total. The molecule has 0 bridgehead atoms. The van der Waals surface area contributed by atoms with Crippen LogP contribution in [0.1, 0.15) is 55.7 Å². The Kier molecular flexibility index (Phi) is 4.89. The van der Waals surface area contributed by atoms with Crippen LogP contribution in [0.2, 0.25) is 0 Å². The van der Waals surface area contributed by atoms with Crippen molar-refractivity contribution in [2.24, 2.45) is 0 Å². The van der Waals surface area contributed by atoms with Crippen molar-refractivity contribution in [2.45, 2.75) is 45.6 Å². The van der Waals surface area contributed by atoms with E-state index in [1.54, 1.807) is 11.3 Å². The maximum absolute atomic E-state index is 4.43. The summed E-state index contributed by atoms with van der Waals surface area (Å²) in [6, 6.07) is 10.6. The van der Waals surface area contributed by atoms with Crippen LogP contribution < -0.4 is 5.32 Å². The second-order valence-corrected chi connectivity index (χ2v) is 6.59. The van der Waals surface area contributed by atoms with Crippen molar-refractivity contribution >= 4 is 11.3 Å². The smallest absolute Gasteiger partial charge is 0.139 e. The van der Waals surface area contributed by atoms with E-state index in [1.807, 2.05) is 6.07 Å². The minimum Gasteiger partial charge on any atom is -0.304 e. The molecule has 20 heavy (non-hydrogen) atoms. The molecule has 4 heteroatoms. The molecule has 0 saturated carbocycles. The number of rotatable bonds is 6. The first-order valence-electron chi connectivity index (χ1n) is 7.20. The second-order valence-electron chi connectivity index (χ2n) is 5.58. The zero-order valence-corrected chi connectivity index (χ0v) is 13.5. The van der Waals surface area contributed by atoms with Crippen LogP contribution in [0.3, 0.4) is 0 Å². The summed E-state index contributed by atoms with van der Waals surface area (Å²) >= 11 is 1.72. The van der Waals surface area contributed by atoms with Gasteiger partial charge in [0.05, 0.1) is 6.04 Å². The molecule has 1 heterocycles. The molecule has 108 valence electrons. The van der Waals surface area contributed by atoms with Gasteiger partial charge in [0.1, 0.15) is 10.0 Å². The van der Waals surface area contributed by atoms with Crippen LogP contribution in [0.5, 0.6) is 0 Å². The summed E-state index contributed by atoms with van der Waals surface area (Å²) < 4.78 is 0. The highest BCUT2D eigenvalue weighted by molar-refractivity contribution is 7.11. The lowest BCUT2D eigenvalue weighted by Gasteiger charge is -2.18. The molecule has 0 saturated heterocycles. The Morgan fingerprint density at radius 3 is 2.45 bits per heavy atom. The van der Waals surface area contributed by atoms with Crippen molar-refractivity contribution in [3.8, 4) is 0 Å². The lowest BCUT2D eigenvalue weighted by Crippen LogP contribution is -2.21. The average Bonchev–Trinajstić information content (AvgIpc) is 2.96. The predicted octanol–water partition coefficient (Wildman–Crippen LogP) is 3.92. The van der Waals surface area contributed by atoms with Gasteiger partial charge in [-0.2, -0.15) is 0 Å². The van der Waals surface area contributed by atoms with Crippen molar-refractivity contribution in [2.75, 3.05) is 6.54 Å². The monoisotopic (exact) mass is 289 g/mol. The Bertz CT molecular complexity index is 534. The molecule has 0 amide bonds. The zero-order valence-electron chi connectivity index (χ0n) is 12.7. The molecule has 1 aromatic carbocycles. The Morgan fingerprint density at radius 2 is 1.85 bits per heavy atom. The van der Waals surface area contributed by atoms with E-state index < -0.39 is 0 Å². The Balaban J connectivity index is 2.32. The molecule has 1 aromatic heterocycles. The summed E-state index contributed by atoms with van der Waals surface area (Å²) in [7, 11) is 0. The van der Waals surface area contributed by atoms with Gasteiger partial charge in [-0.1, -0.05) is 69.4 Å². The summed E-state index contributed by atoms with van der Waals surface area (Å²) in [5.41, 5.74) is 1.34. The lowest BCUT2D eigenvalue weighted by molar-refractivity contribution is 0.498. The normalized spacial score (nSPS) is 13.4. The topological polar surface area (TPSA) is 37.8 Å². The summed E-state index contributed by atoms with van der Waals surface area (Å²) in [5, 5.41) is 14.5. The van der Waals surface area contributed by atoms with Gasteiger partial charge in [-0.15, -0.1) is 10.2 Å². The van der Waals surface area contributed by atoms with Gasteiger partial charge in [-0.3, -0.25) is 0 Å². The lowest BCUT2D eigenvalue weighted by atomic mass is 9.91. The van der Waals surface area contributed by atoms with E-state index >= 15 is 0 Å².